The lowest BCUT2D eigenvalue weighted by Crippen LogP contribution is -2.27. The number of amides is 1. The molecule has 2 N–H and O–H groups in total. The van der Waals surface area contributed by atoms with Crippen LogP contribution in [0.2, 0.25) is 5.02 Å². The van der Waals surface area contributed by atoms with Crippen LogP contribution in [0.3, 0.4) is 0 Å². The Balaban J connectivity index is 2.42. The fraction of sp³-hybridized carbons (Fsp3) is 0.300. The molecule has 2 aromatic carbocycles. The third-order valence-corrected chi connectivity index (χ3v) is 4.27. The van der Waals surface area contributed by atoms with Crippen LogP contribution in [-0.4, -0.2) is 30.1 Å². The molecular formula is C20H23ClN2O3. The van der Waals surface area contributed by atoms with Gasteiger partial charge in [0.2, 0.25) is 0 Å². The van der Waals surface area contributed by atoms with Crippen molar-refractivity contribution in [1.29, 1.82) is 0 Å². The van der Waals surface area contributed by atoms with Crippen molar-refractivity contribution in [2.45, 2.75) is 26.7 Å². The molecule has 0 heterocycles. The second kappa shape index (κ2) is 9.25. The highest BCUT2D eigenvalue weighted by atomic mass is 35.5. The Morgan fingerprint density at radius 2 is 1.73 bits per heavy atom. The predicted octanol–water partition coefficient (Wildman–Crippen LogP) is 4.92. The average Bonchev–Trinajstić information content (AvgIpc) is 2.61. The van der Waals surface area contributed by atoms with Crippen molar-refractivity contribution in [3.05, 3.63) is 58.6 Å². The molecule has 138 valence electrons. The van der Waals surface area contributed by atoms with Crippen molar-refractivity contribution in [2.75, 3.05) is 23.3 Å². The summed E-state index contributed by atoms with van der Waals surface area (Å²) in [6, 6.07) is 11.6. The topological polar surface area (TPSA) is 69.6 Å². The van der Waals surface area contributed by atoms with Crippen molar-refractivity contribution >= 4 is 34.9 Å². The van der Waals surface area contributed by atoms with Gasteiger partial charge in [0.15, 0.2) is 0 Å². The van der Waals surface area contributed by atoms with E-state index in [1.54, 1.807) is 36.4 Å². The lowest BCUT2D eigenvalue weighted by molar-refractivity contribution is 0.0696. The molecule has 5 nitrogen and oxygen atoms in total. The van der Waals surface area contributed by atoms with Crippen LogP contribution in [-0.2, 0) is 0 Å². The van der Waals surface area contributed by atoms with Crippen molar-refractivity contribution < 1.29 is 14.7 Å². The molecule has 0 aliphatic heterocycles. The Labute approximate surface area is 158 Å². The summed E-state index contributed by atoms with van der Waals surface area (Å²) < 4.78 is 0. The number of hydrogen-bond donors (Lipinski definition) is 2. The summed E-state index contributed by atoms with van der Waals surface area (Å²) in [7, 11) is 0. The predicted molar refractivity (Wildman–Crippen MR) is 106 cm³/mol. The number of halogens is 1. The van der Waals surface area contributed by atoms with E-state index in [1.807, 2.05) is 0 Å². The monoisotopic (exact) mass is 374 g/mol. The minimum atomic E-state index is -1.04. The highest BCUT2D eigenvalue weighted by molar-refractivity contribution is 6.34. The van der Waals surface area contributed by atoms with E-state index in [0.29, 0.717) is 16.3 Å². The van der Waals surface area contributed by atoms with E-state index in [2.05, 4.69) is 24.1 Å². The Hall–Kier alpha value is -2.53. The molecule has 0 radical (unpaired) electrons. The van der Waals surface area contributed by atoms with Gasteiger partial charge in [0.25, 0.3) is 5.91 Å². The van der Waals surface area contributed by atoms with Gasteiger partial charge >= 0.3 is 5.97 Å². The highest BCUT2D eigenvalue weighted by Crippen LogP contribution is 2.29. The van der Waals surface area contributed by atoms with Crippen LogP contribution < -0.4 is 10.2 Å². The summed E-state index contributed by atoms with van der Waals surface area (Å²) >= 11 is 6.10. The Morgan fingerprint density at radius 3 is 2.31 bits per heavy atom. The third kappa shape index (κ3) is 4.76. The molecule has 6 heteroatoms. The summed E-state index contributed by atoms with van der Waals surface area (Å²) in [5.74, 6) is -1.41. The molecule has 0 bridgehead atoms. The molecule has 0 atom stereocenters. The molecule has 0 aliphatic carbocycles. The van der Waals surface area contributed by atoms with E-state index in [1.165, 1.54) is 6.07 Å². The maximum Gasteiger partial charge on any atom is 0.335 e. The highest BCUT2D eigenvalue weighted by Gasteiger charge is 2.17. The molecule has 1 amide bonds. The summed E-state index contributed by atoms with van der Waals surface area (Å²) in [4.78, 5) is 26.1. The van der Waals surface area contributed by atoms with Gasteiger partial charge in [-0.2, -0.15) is 0 Å². The fourth-order valence-corrected chi connectivity index (χ4v) is 2.99. The first-order valence-corrected chi connectivity index (χ1v) is 9.03. The zero-order valence-electron chi connectivity index (χ0n) is 15.0. The van der Waals surface area contributed by atoms with Gasteiger partial charge in [-0.1, -0.05) is 37.6 Å². The minimum Gasteiger partial charge on any atom is -0.478 e. The number of carboxylic acid groups (broad SMARTS) is 1. The molecule has 2 rings (SSSR count). The number of nitrogens with zero attached hydrogens (tertiary/aromatic N) is 1. The van der Waals surface area contributed by atoms with Gasteiger partial charge in [-0.15, -0.1) is 0 Å². The summed E-state index contributed by atoms with van der Waals surface area (Å²) in [6.07, 6.45) is 1.89. The van der Waals surface area contributed by atoms with Crippen molar-refractivity contribution in [1.82, 2.24) is 0 Å². The van der Waals surface area contributed by atoms with Crippen LogP contribution in [0, 0.1) is 0 Å². The van der Waals surface area contributed by atoms with E-state index >= 15 is 0 Å². The molecule has 0 fully saturated rings. The smallest absolute Gasteiger partial charge is 0.335 e. The molecule has 0 spiro atoms. The lowest BCUT2D eigenvalue weighted by atomic mass is 10.1. The van der Waals surface area contributed by atoms with E-state index in [-0.39, 0.29) is 11.5 Å². The number of nitrogens with one attached hydrogen (secondary N) is 1. The molecule has 0 aliphatic rings. The van der Waals surface area contributed by atoms with Crippen LogP contribution in [0.4, 0.5) is 11.4 Å². The minimum absolute atomic E-state index is 0.121. The van der Waals surface area contributed by atoms with E-state index in [9.17, 15) is 14.7 Å². The number of anilines is 2. The Bertz CT molecular complexity index is 786. The normalized spacial score (nSPS) is 10.4. The quantitative estimate of drug-likeness (QED) is 0.688. The number of hydrogen-bond acceptors (Lipinski definition) is 3. The zero-order chi connectivity index (χ0) is 19.1. The summed E-state index contributed by atoms with van der Waals surface area (Å²) in [5.41, 5.74) is 1.74. The van der Waals surface area contributed by atoms with Gasteiger partial charge in [-0.25, -0.2) is 4.79 Å². The van der Waals surface area contributed by atoms with Crippen LogP contribution >= 0.6 is 11.6 Å². The molecule has 26 heavy (non-hydrogen) atoms. The standard InChI is InChI=1S/C20H23ClN2O3/c1-3-11-23(12-4-2)18-10-9-14(20(25)26)13-17(18)22-19(24)15-7-5-6-8-16(15)21/h5-10,13H,3-4,11-12H2,1-2H3,(H,22,24)(H,25,26). The van der Waals surface area contributed by atoms with Gasteiger partial charge in [-0.05, 0) is 43.2 Å². The molecule has 0 unspecified atom stereocenters. The van der Waals surface area contributed by atoms with Gasteiger partial charge in [0, 0.05) is 13.1 Å². The van der Waals surface area contributed by atoms with E-state index in [0.717, 1.165) is 31.6 Å². The largest absolute Gasteiger partial charge is 0.478 e. The maximum atomic E-state index is 12.6. The average molecular weight is 375 g/mol. The number of carbonyl (C=O) groups excluding carboxylic acids is 1. The molecule has 2 aromatic rings. The third-order valence-electron chi connectivity index (χ3n) is 3.94. The van der Waals surface area contributed by atoms with Crippen molar-refractivity contribution in [3.8, 4) is 0 Å². The van der Waals surface area contributed by atoms with Gasteiger partial charge in [0.1, 0.15) is 0 Å². The van der Waals surface area contributed by atoms with Crippen molar-refractivity contribution in [3.63, 3.8) is 0 Å². The molecule has 0 saturated heterocycles. The Kier molecular flexibility index (Phi) is 7.04. The SMILES string of the molecule is CCCN(CCC)c1ccc(C(=O)O)cc1NC(=O)c1ccccc1Cl. The summed E-state index contributed by atoms with van der Waals surface area (Å²) in [5, 5.41) is 12.5. The van der Waals surface area contributed by atoms with Crippen LogP contribution in [0.25, 0.3) is 0 Å². The number of carboxylic acids is 1. The maximum absolute atomic E-state index is 12.6. The van der Waals surface area contributed by atoms with E-state index in [4.69, 9.17) is 11.6 Å². The van der Waals surface area contributed by atoms with Gasteiger partial charge in [-0.3, -0.25) is 4.79 Å². The van der Waals surface area contributed by atoms with Crippen LogP contribution in [0.15, 0.2) is 42.5 Å². The first-order valence-electron chi connectivity index (χ1n) is 8.66. The van der Waals surface area contributed by atoms with Crippen LogP contribution in [0.1, 0.15) is 47.4 Å². The van der Waals surface area contributed by atoms with Crippen LogP contribution in [0.5, 0.6) is 0 Å². The lowest BCUT2D eigenvalue weighted by Gasteiger charge is -2.26. The van der Waals surface area contributed by atoms with Gasteiger partial charge in [0.05, 0.1) is 27.5 Å². The zero-order valence-corrected chi connectivity index (χ0v) is 15.7. The number of carbonyl (C=O) groups is 2. The second-order valence-electron chi connectivity index (χ2n) is 5.96. The van der Waals surface area contributed by atoms with Crippen molar-refractivity contribution in [2.24, 2.45) is 0 Å². The first-order chi connectivity index (χ1) is 12.5. The first kappa shape index (κ1) is 19.8. The number of aromatic carboxylic acids is 1. The number of benzene rings is 2. The molecule has 0 saturated carbocycles. The van der Waals surface area contributed by atoms with Gasteiger partial charge < -0.3 is 15.3 Å². The second-order valence-corrected chi connectivity index (χ2v) is 6.37. The van der Waals surface area contributed by atoms with E-state index < -0.39 is 5.97 Å². The Morgan fingerprint density at radius 1 is 1.08 bits per heavy atom. The summed E-state index contributed by atoms with van der Waals surface area (Å²) in [6.45, 7) is 5.79. The fourth-order valence-electron chi connectivity index (χ4n) is 2.77. The molecular weight excluding hydrogens is 352 g/mol. The molecule has 0 aromatic heterocycles. The number of rotatable bonds is 8.